The lowest BCUT2D eigenvalue weighted by Crippen LogP contribution is -2.56. The molecule has 0 bridgehead atoms. The van der Waals surface area contributed by atoms with Crippen molar-refractivity contribution in [3.63, 3.8) is 0 Å². The highest BCUT2D eigenvalue weighted by Crippen LogP contribution is 2.50. The summed E-state index contributed by atoms with van der Waals surface area (Å²) in [6.45, 7) is 1.20. The van der Waals surface area contributed by atoms with E-state index in [0.29, 0.717) is 23.7 Å². The molecule has 1 heterocycles. The van der Waals surface area contributed by atoms with Gasteiger partial charge in [-0.25, -0.2) is 13.2 Å². The van der Waals surface area contributed by atoms with Crippen LogP contribution in [0, 0.1) is 17.2 Å². The molecular formula is C29H36N4O3S. The number of nitrogens with zero attached hydrogens (tertiary/aromatic N) is 4. The highest BCUT2D eigenvalue weighted by molar-refractivity contribution is 7.90. The third-order valence-corrected chi connectivity index (χ3v) is 10.2. The number of carbonyl (C=O) groups is 1. The van der Waals surface area contributed by atoms with E-state index < -0.39 is 9.84 Å². The fourth-order valence-electron chi connectivity index (χ4n) is 6.55. The molecule has 1 spiro atoms. The van der Waals surface area contributed by atoms with E-state index in [9.17, 15) is 18.5 Å². The van der Waals surface area contributed by atoms with Gasteiger partial charge in [0.15, 0.2) is 9.84 Å². The van der Waals surface area contributed by atoms with Gasteiger partial charge in [-0.05, 0) is 82.3 Å². The lowest BCUT2D eigenvalue weighted by molar-refractivity contribution is 0.0172. The van der Waals surface area contributed by atoms with E-state index in [1.54, 1.807) is 4.90 Å². The molecule has 2 aromatic rings. The zero-order valence-electron chi connectivity index (χ0n) is 22.0. The van der Waals surface area contributed by atoms with E-state index >= 15 is 0 Å². The number of hydrogen-bond donors (Lipinski definition) is 0. The van der Waals surface area contributed by atoms with Crippen molar-refractivity contribution in [2.45, 2.75) is 60.9 Å². The largest absolute Gasteiger partial charge is 0.325 e. The summed E-state index contributed by atoms with van der Waals surface area (Å²) < 4.78 is 24.6. The minimum absolute atomic E-state index is 0.0981. The molecule has 2 saturated carbocycles. The quantitative estimate of drug-likeness (QED) is 0.548. The van der Waals surface area contributed by atoms with Gasteiger partial charge < -0.3 is 4.90 Å². The Balaban J connectivity index is 1.52. The molecule has 2 amide bonds. The number of amides is 2. The molecule has 0 aromatic heterocycles. The number of benzene rings is 2. The molecule has 0 N–H and O–H groups in total. The Morgan fingerprint density at radius 3 is 2.27 bits per heavy atom. The highest BCUT2D eigenvalue weighted by Gasteiger charge is 2.55. The molecular weight excluding hydrogens is 484 g/mol. The van der Waals surface area contributed by atoms with Crippen LogP contribution < -0.4 is 4.90 Å². The van der Waals surface area contributed by atoms with Crippen molar-refractivity contribution >= 4 is 21.6 Å². The second-order valence-corrected chi connectivity index (χ2v) is 13.4. The van der Waals surface area contributed by atoms with Gasteiger partial charge in [0.1, 0.15) is 6.07 Å². The standard InChI is InChI=1S/C29H36N4O3S/c1-31(2)29(24-10-5-4-6-11-24)16-14-28(15-17-29)21-32(27(34)33(28)20-22-8-7-9-22)26-18-25(37(3,35)36)13-12-23(26)19-30/h4-6,10-13,18,22H,7-9,14-17,20-21H2,1-3H3/t28-,29-. The first-order chi connectivity index (χ1) is 17.6. The van der Waals surface area contributed by atoms with Gasteiger partial charge in [-0.2, -0.15) is 5.26 Å². The fourth-order valence-corrected chi connectivity index (χ4v) is 7.19. The summed E-state index contributed by atoms with van der Waals surface area (Å²) in [7, 11) is 0.796. The lowest BCUT2D eigenvalue weighted by Gasteiger charge is -2.51. The third kappa shape index (κ3) is 4.42. The number of sulfone groups is 1. The summed E-state index contributed by atoms with van der Waals surface area (Å²) in [6.07, 6.45) is 8.17. The van der Waals surface area contributed by atoms with Gasteiger partial charge >= 0.3 is 6.03 Å². The van der Waals surface area contributed by atoms with Crippen LogP contribution in [0.3, 0.4) is 0 Å². The Hall–Kier alpha value is -2.89. The molecule has 1 saturated heterocycles. The predicted octanol–water partition coefficient (Wildman–Crippen LogP) is 4.77. The zero-order chi connectivity index (χ0) is 26.4. The van der Waals surface area contributed by atoms with Crippen LogP contribution in [0.25, 0.3) is 0 Å². The van der Waals surface area contributed by atoms with Gasteiger partial charge in [0.25, 0.3) is 0 Å². The van der Waals surface area contributed by atoms with Crippen LogP contribution >= 0.6 is 0 Å². The Morgan fingerprint density at radius 1 is 1.05 bits per heavy atom. The average molecular weight is 521 g/mol. The van der Waals surface area contributed by atoms with E-state index in [0.717, 1.165) is 51.3 Å². The highest BCUT2D eigenvalue weighted by atomic mass is 32.2. The monoisotopic (exact) mass is 520 g/mol. The topological polar surface area (TPSA) is 84.7 Å². The number of anilines is 1. The van der Waals surface area contributed by atoms with Crippen LogP contribution in [0.4, 0.5) is 10.5 Å². The van der Waals surface area contributed by atoms with Crippen LogP contribution in [-0.2, 0) is 15.4 Å². The molecule has 7 nitrogen and oxygen atoms in total. The van der Waals surface area contributed by atoms with E-state index in [2.05, 4.69) is 54.2 Å². The SMILES string of the molecule is CN(C)[C@]1(c2ccccc2)CC[C@@]2(CC1)CN(c1cc(S(C)(=O)=O)ccc1C#N)C(=O)N2CC1CCC1. The van der Waals surface area contributed by atoms with Gasteiger partial charge in [-0.15, -0.1) is 0 Å². The minimum Gasteiger partial charge on any atom is -0.317 e. The normalized spacial score (nSPS) is 26.5. The van der Waals surface area contributed by atoms with Gasteiger partial charge in [-0.1, -0.05) is 36.8 Å². The van der Waals surface area contributed by atoms with Gasteiger partial charge in [0.05, 0.1) is 28.2 Å². The van der Waals surface area contributed by atoms with Crippen LogP contribution in [0.5, 0.6) is 0 Å². The summed E-state index contributed by atoms with van der Waals surface area (Å²) in [5.74, 6) is 0.508. The summed E-state index contributed by atoms with van der Waals surface area (Å²) in [5.41, 5.74) is 1.59. The summed E-state index contributed by atoms with van der Waals surface area (Å²) in [4.78, 5) is 20.2. The average Bonchev–Trinajstić information content (AvgIpc) is 3.12. The van der Waals surface area contributed by atoms with Gasteiger partial charge in [0, 0.05) is 18.3 Å². The Kier molecular flexibility index (Phi) is 6.57. The first-order valence-electron chi connectivity index (χ1n) is 13.2. The van der Waals surface area contributed by atoms with E-state index in [4.69, 9.17) is 0 Å². The van der Waals surface area contributed by atoms with E-state index in [1.165, 1.54) is 30.2 Å². The molecule has 8 heteroatoms. The molecule has 5 rings (SSSR count). The molecule has 2 aliphatic carbocycles. The van der Waals surface area contributed by atoms with Crippen molar-refractivity contribution in [1.82, 2.24) is 9.80 Å². The van der Waals surface area contributed by atoms with E-state index in [-0.39, 0.29) is 22.0 Å². The second-order valence-electron chi connectivity index (χ2n) is 11.4. The van der Waals surface area contributed by atoms with Gasteiger partial charge in [0.2, 0.25) is 0 Å². The number of nitriles is 1. The second kappa shape index (κ2) is 9.45. The van der Waals surface area contributed by atoms with Crippen LogP contribution in [0.2, 0.25) is 0 Å². The summed E-state index contributed by atoms with van der Waals surface area (Å²) >= 11 is 0. The van der Waals surface area contributed by atoms with Crippen LogP contribution in [0.15, 0.2) is 53.4 Å². The maximum Gasteiger partial charge on any atom is 0.325 e. The molecule has 1 aliphatic heterocycles. The summed E-state index contributed by atoms with van der Waals surface area (Å²) in [6, 6.07) is 17.2. The Bertz CT molecular complexity index is 1320. The van der Waals surface area contributed by atoms with E-state index in [1.807, 2.05) is 6.07 Å². The zero-order valence-corrected chi connectivity index (χ0v) is 22.8. The molecule has 2 aromatic carbocycles. The molecule has 37 heavy (non-hydrogen) atoms. The molecule has 196 valence electrons. The van der Waals surface area contributed by atoms with Gasteiger partial charge in [-0.3, -0.25) is 9.80 Å². The lowest BCUT2D eigenvalue weighted by atomic mass is 9.68. The maximum absolute atomic E-state index is 14.0. The Morgan fingerprint density at radius 2 is 1.73 bits per heavy atom. The van der Waals surface area contributed by atoms with Crippen molar-refractivity contribution < 1.29 is 13.2 Å². The first-order valence-corrected chi connectivity index (χ1v) is 15.1. The van der Waals surface area contributed by atoms with Crippen LogP contribution in [-0.4, -0.2) is 63.2 Å². The fraction of sp³-hybridized carbons (Fsp3) is 0.517. The maximum atomic E-state index is 14.0. The minimum atomic E-state index is -3.48. The van der Waals surface area contributed by atoms with Crippen molar-refractivity contribution in [2.24, 2.45) is 5.92 Å². The first kappa shape index (κ1) is 25.7. The van der Waals surface area contributed by atoms with Crippen molar-refractivity contribution in [2.75, 3.05) is 38.3 Å². The number of urea groups is 1. The molecule has 0 atom stereocenters. The molecule has 0 unspecified atom stereocenters. The molecule has 0 radical (unpaired) electrons. The Labute approximate surface area is 220 Å². The molecule has 3 fully saturated rings. The third-order valence-electron chi connectivity index (χ3n) is 9.14. The van der Waals surface area contributed by atoms with Crippen LogP contribution in [0.1, 0.15) is 56.1 Å². The number of hydrogen-bond acceptors (Lipinski definition) is 5. The number of rotatable bonds is 6. The number of carbonyl (C=O) groups excluding carboxylic acids is 1. The van der Waals surface area contributed by atoms with Crippen molar-refractivity contribution in [3.8, 4) is 6.07 Å². The molecule has 3 aliphatic rings. The summed E-state index contributed by atoms with van der Waals surface area (Å²) in [5, 5.41) is 9.82. The van der Waals surface area contributed by atoms with Crippen molar-refractivity contribution in [3.05, 3.63) is 59.7 Å². The predicted molar refractivity (Wildman–Crippen MR) is 144 cm³/mol. The smallest absolute Gasteiger partial charge is 0.317 e. The van der Waals surface area contributed by atoms with Crippen molar-refractivity contribution in [1.29, 1.82) is 5.26 Å².